The number of benzene rings is 2. The number of rotatable bonds is 8. The van der Waals surface area contributed by atoms with Crippen LogP contribution in [0.15, 0.2) is 48.5 Å². The van der Waals surface area contributed by atoms with Gasteiger partial charge in [-0.1, -0.05) is 68.0 Å². The Morgan fingerprint density at radius 1 is 1.00 bits per heavy atom. The number of unbranched alkanes of at least 4 members (excludes halogenated alkanes) is 3. The molecular weight excluding hydrogens is 412 g/mol. The molecule has 2 aromatic carbocycles. The monoisotopic (exact) mass is 446 g/mol. The number of aliphatic hydroxyl groups is 1. The van der Waals surface area contributed by atoms with Crippen molar-refractivity contribution in [3.8, 4) is 23.7 Å². The van der Waals surface area contributed by atoms with Gasteiger partial charge in [0.1, 0.15) is 6.10 Å². The van der Waals surface area contributed by atoms with Gasteiger partial charge in [-0.25, -0.2) is 4.79 Å². The van der Waals surface area contributed by atoms with E-state index >= 15 is 0 Å². The minimum absolute atomic E-state index is 0.0301. The zero-order valence-corrected chi connectivity index (χ0v) is 19.6. The van der Waals surface area contributed by atoms with Gasteiger partial charge in [0, 0.05) is 34.8 Å². The number of nitrogens with two attached hydrogens (primary N) is 1. The number of carbonyl (C=O) groups excluding carboxylic acids is 1. The molecule has 1 aromatic heterocycles. The van der Waals surface area contributed by atoms with Crippen molar-refractivity contribution >= 4 is 27.9 Å². The van der Waals surface area contributed by atoms with Gasteiger partial charge in [-0.15, -0.1) is 0 Å². The molecule has 1 amide bonds. The molecule has 0 saturated carbocycles. The number of hydrogen-bond donors (Lipinski definition) is 2. The van der Waals surface area contributed by atoms with Crippen molar-refractivity contribution < 1.29 is 14.6 Å². The summed E-state index contributed by atoms with van der Waals surface area (Å²) < 4.78 is 6.93. The minimum atomic E-state index is -0.677. The molecule has 1 heterocycles. The minimum Gasteiger partial charge on any atom is -0.447 e. The second-order valence-corrected chi connectivity index (χ2v) is 7.79. The lowest BCUT2D eigenvalue weighted by Crippen LogP contribution is -2.20. The van der Waals surface area contributed by atoms with Crippen molar-refractivity contribution in [1.29, 1.82) is 0 Å². The summed E-state index contributed by atoms with van der Waals surface area (Å²) in [7, 11) is 0. The molecule has 5 heteroatoms. The number of primary amides is 1. The largest absolute Gasteiger partial charge is 0.447 e. The molecular formula is C28H34N2O3. The van der Waals surface area contributed by atoms with Crippen LogP contribution in [0.2, 0.25) is 0 Å². The van der Waals surface area contributed by atoms with Gasteiger partial charge in [-0.05, 0) is 50.2 Å². The summed E-state index contributed by atoms with van der Waals surface area (Å²) in [6, 6.07) is 16.9. The maximum Gasteiger partial charge on any atom is 0.404 e. The van der Waals surface area contributed by atoms with E-state index < -0.39 is 6.09 Å². The lowest BCUT2D eigenvalue weighted by atomic mass is 10.2. The molecule has 33 heavy (non-hydrogen) atoms. The highest BCUT2D eigenvalue weighted by Gasteiger charge is 2.07. The molecule has 0 radical (unpaired) electrons. The lowest BCUT2D eigenvalue weighted by Gasteiger charge is -2.09. The SMILES string of the molecule is CCCCC(C)OC(N)=O.OCCCCC#CC#CCn1c2ccccc2c2ccccc21. The zero-order valence-electron chi connectivity index (χ0n) is 19.6. The summed E-state index contributed by atoms with van der Waals surface area (Å²) in [4.78, 5) is 10.2. The van der Waals surface area contributed by atoms with Gasteiger partial charge in [-0.2, -0.15) is 0 Å². The molecule has 0 aliphatic carbocycles. The average molecular weight is 447 g/mol. The van der Waals surface area contributed by atoms with E-state index in [0.717, 1.165) is 38.5 Å². The molecule has 0 saturated heterocycles. The molecule has 0 spiro atoms. The van der Waals surface area contributed by atoms with Gasteiger partial charge < -0.3 is 20.1 Å². The highest BCUT2D eigenvalue weighted by molar-refractivity contribution is 6.08. The van der Waals surface area contributed by atoms with Crippen molar-refractivity contribution in [2.75, 3.05) is 6.61 Å². The average Bonchev–Trinajstić information content (AvgIpc) is 3.13. The highest BCUT2D eigenvalue weighted by Crippen LogP contribution is 2.28. The fourth-order valence-corrected chi connectivity index (χ4v) is 3.52. The second-order valence-electron chi connectivity index (χ2n) is 7.79. The van der Waals surface area contributed by atoms with E-state index in [1.54, 1.807) is 0 Å². The first-order valence-electron chi connectivity index (χ1n) is 11.6. The van der Waals surface area contributed by atoms with Crippen LogP contribution in [-0.4, -0.2) is 28.5 Å². The highest BCUT2D eigenvalue weighted by atomic mass is 16.6. The van der Waals surface area contributed by atoms with Crippen LogP contribution in [0.25, 0.3) is 21.8 Å². The van der Waals surface area contributed by atoms with E-state index in [2.05, 4.69) is 83.7 Å². The van der Waals surface area contributed by atoms with Crippen molar-refractivity contribution in [2.24, 2.45) is 5.73 Å². The van der Waals surface area contributed by atoms with Crippen LogP contribution in [0, 0.1) is 23.7 Å². The predicted molar refractivity (Wildman–Crippen MR) is 136 cm³/mol. The van der Waals surface area contributed by atoms with Crippen LogP contribution in [0.3, 0.4) is 0 Å². The van der Waals surface area contributed by atoms with E-state index in [0.29, 0.717) is 6.54 Å². The molecule has 3 N–H and O–H groups in total. The third-order valence-electron chi connectivity index (χ3n) is 5.15. The summed E-state index contributed by atoms with van der Waals surface area (Å²) >= 11 is 0. The predicted octanol–water partition coefficient (Wildman–Crippen LogP) is 5.62. The van der Waals surface area contributed by atoms with E-state index in [1.807, 2.05) is 6.92 Å². The lowest BCUT2D eigenvalue weighted by molar-refractivity contribution is 0.110. The fraction of sp³-hybridized carbons (Fsp3) is 0.393. The molecule has 1 atom stereocenters. The number of hydrogen-bond acceptors (Lipinski definition) is 3. The standard InChI is InChI=1S/C21H19NO.C7H15NO2/c23-17-11-5-3-1-2-4-10-16-22-20-14-8-6-12-18(20)19-13-7-9-15-21(19)22;1-3-4-5-6(2)10-7(8)9/h6-9,12-15,23H,3,5,11,16-17H2;6H,3-5H2,1-2H3,(H2,8,9). The first-order valence-corrected chi connectivity index (χ1v) is 11.6. The fourth-order valence-electron chi connectivity index (χ4n) is 3.52. The molecule has 1 unspecified atom stereocenters. The van der Waals surface area contributed by atoms with Crippen LogP contribution in [0.4, 0.5) is 4.79 Å². The second kappa shape index (κ2) is 14.6. The van der Waals surface area contributed by atoms with Crippen molar-refractivity contribution in [3.05, 3.63) is 48.5 Å². The number of nitrogens with zero attached hydrogens (tertiary/aromatic N) is 1. The molecule has 0 aliphatic rings. The zero-order chi connectivity index (χ0) is 23.9. The van der Waals surface area contributed by atoms with Crippen LogP contribution in [-0.2, 0) is 11.3 Å². The van der Waals surface area contributed by atoms with Gasteiger partial charge >= 0.3 is 6.09 Å². The summed E-state index contributed by atoms with van der Waals surface area (Å²) in [6.07, 6.45) is 4.92. The topological polar surface area (TPSA) is 77.5 Å². The summed E-state index contributed by atoms with van der Waals surface area (Å²) in [5, 5.41) is 11.2. The summed E-state index contributed by atoms with van der Waals surface area (Å²) in [6.45, 7) is 4.82. The van der Waals surface area contributed by atoms with Crippen LogP contribution >= 0.6 is 0 Å². The number of para-hydroxylation sites is 2. The number of ether oxygens (including phenoxy) is 1. The normalized spacial score (nSPS) is 10.9. The smallest absolute Gasteiger partial charge is 0.404 e. The van der Waals surface area contributed by atoms with E-state index in [4.69, 9.17) is 15.6 Å². The Labute approximate surface area is 196 Å². The van der Waals surface area contributed by atoms with Crippen LogP contribution < -0.4 is 5.73 Å². The van der Waals surface area contributed by atoms with E-state index in [-0.39, 0.29) is 12.7 Å². The van der Waals surface area contributed by atoms with Crippen molar-refractivity contribution in [1.82, 2.24) is 4.57 Å². The van der Waals surface area contributed by atoms with Crippen molar-refractivity contribution in [2.45, 2.75) is 65.0 Å². The number of aromatic nitrogens is 1. The Bertz CT molecular complexity index is 1090. The first-order chi connectivity index (χ1) is 16.1. The third kappa shape index (κ3) is 8.56. The van der Waals surface area contributed by atoms with Gasteiger partial charge in [0.15, 0.2) is 0 Å². The third-order valence-corrected chi connectivity index (χ3v) is 5.15. The van der Waals surface area contributed by atoms with Crippen molar-refractivity contribution in [3.63, 3.8) is 0 Å². The molecule has 0 fully saturated rings. The summed E-state index contributed by atoms with van der Waals surface area (Å²) in [5.41, 5.74) is 7.22. The molecule has 174 valence electrons. The van der Waals surface area contributed by atoms with Gasteiger partial charge in [0.25, 0.3) is 0 Å². The Balaban J connectivity index is 0.000000328. The van der Waals surface area contributed by atoms with Gasteiger partial charge in [0.2, 0.25) is 0 Å². The van der Waals surface area contributed by atoms with E-state index in [1.165, 1.54) is 21.8 Å². The summed E-state index contributed by atoms with van der Waals surface area (Å²) in [5.74, 6) is 12.0. The van der Waals surface area contributed by atoms with Gasteiger partial charge in [0.05, 0.1) is 6.54 Å². The Morgan fingerprint density at radius 2 is 1.61 bits per heavy atom. The van der Waals surface area contributed by atoms with Gasteiger partial charge in [-0.3, -0.25) is 0 Å². The Kier molecular flexibility index (Phi) is 11.4. The molecule has 0 bridgehead atoms. The maximum atomic E-state index is 10.2. The Hall–Kier alpha value is -3.41. The first kappa shape index (κ1) is 25.8. The number of amides is 1. The maximum absolute atomic E-state index is 10.2. The number of aliphatic hydroxyl groups excluding tert-OH is 1. The van der Waals surface area contributed by atoms with Crippen LogP contribution in [0.1, 0.15) is 52.4 Å². The van der Waals surface area contributed by atoms with Crippen LogP contribution in [0.5, 0.6) is 0 Å². The molecule has 5 nitrogen and oxygen atoms in total. The van der Waals surface area contributed by atoms with E-state index in [9.17, 15) is 4.79 Å². The molecule has 3 rings (SSSR count). The molecule has 0 aliphatic heterocycles. The number of carbonyl (C=O) groups is 1. The number of fused-ring (bicyclic) bond motifs is 3. The quantitative estimate of drug-likeness (QED) is 0.348. The Morgan fingerprint density at radius 3 is 2.18 bits per heavy atom. The molecule has 3 aromatic rings.